The zero-order chi connectivity index (χ0) is 24.0. The summed E-state index contributed by atoms with van der Waals surface area (Å²) in [6.45, 7) is 2.76. The fourth-order valence-corrected chi connectivity index (χ4v) is 5.85. The van der Waals surface area contributed by atoms with Gasteiger partial charge < -0.3 is 14.4 Å². The van der Waals surface area contributed by atoms with Crippen molar-refractivity contribution in [3.05, 3.63) is 53.6 Å². The molecule has 2 aromatic carbocycles. The number of carbonyl (C=O) groups excluding carboxylic acids is 3. The van der Waals surface area contributed by atoms with Gasteiger partial charge in [-0.05, 0) is 31.2 Å². The lowest BCUT2D eigenvalue weighted by molar-refractivity contribution is -0.136. The van der Waals surface area contributed by atoms with E-state index in [-0.39, 0.29) is 42.2 Å². The highest BCUT2D eigenvalue weighted by Gasteiger charge is 2.42. The van der Waals surface area contributed by atoms with Gasteiger partial charge >= 0.3 is 0 Å². The molecule has 0 aliphatic carbocycles. The summed E-state index contributed by atoms with van der Waals surface area (Å²) in [4.78, 5) is 41.1. The maximum absolute atomic E-state index is 13.1. The lowest BCUT2D eigenvalue weighted by Gasteiger charge is -2.36. The molecule has 3 aliphatic rings. The van der Waals surface area contributed by atoms with E-state index in [4.69, 9.17) is 9.47 Å². The number of ether oxygens (including phenoxy) is 2. The number of piperazine rings is 1. The zero-order valence-electron chi connectivity index (χ0n) is 18.5. The fourth-order valence-electron chi connectivity index (χ4n) is 4.42. The molecule has 10 nitrogen and oxygen atoms in total. The molecule has 0 saturated carbocycles. The smallest absolute Gasteiger partial charge is 0.262 e. The highest BCUT2D eigenvalue weighted by molar-refractivity contribution is 7.89. The average Bonchev–Trinajstić information content (AvgIpc) is 3.12. The molecule has 1 atom stereocenters. The molecule has 34 heavy (non-hydrogen) atoms. The van der Waals surface area contributed by atoms with E-state index >= 15 is 0 Å². The summed E-state index contributed by atoms with van der Waals surface area (Å²) in [5, 5.41) is 0. The van der Waals surface area contributed by atoms with Gasteiger partial charge in [0.2, 0.25) is 15.9 Å². The van der Waals surface area contributed by atoms with Crippen molar-refractivity contribution in [2.24, 2.45) is 0 Å². The van der Waals surface area contributed by atoms with Gasteiger partial charge in [0.15, 0.2) is 11.5 Å². The predicted octanol–water partition coefficient (Wildman–Crippen LogP) is 0.975. The Morgan fingerprint density at radius 1 is 0.882 bits per heavy atom. The molecular weight excluding hydrogens is 462 g/mol. The third kappa shape index (κ3) is 3.61. The minimum atomic E-state index is -3.79. The van der Waals surface area contributed by atoms with Crippen LogP contribution < -0.4 is 9.47 Å². The van der Waals surface area contributed by atoms with Crippen LogP contribution in [0.3, 0.4) is 0 Å². The summed E-state index contributed by atoms with van der Waals surface area (Å²) in [7, 11) is -3.79. The molecule has 1 saturated heterocycles. The van der Waals surface area contributed by atoms with Crippen molar-refractivity contribution in [2.75, 3.05) is 39.4 Å². The van der Waals surface area contributed by atoms with Crippen LogP contribution in [-0.2, 0) is 14.8 Å². The van der Waals surface area contributed by atoms with Crippen LogP contribution in [0.15, 0.2) is 47.4 Å². The highest BCUT2D eigenvalue weighted by atomic mass is 32.2. The molecule has 0 aromatic heterocycles. The third-order valence-electron chi connectivity index (χ3n) is 6.27. The minimum Gasteiger partial charge on any atom is -0.486 e. The molecule has 0 unspecified atom stereocenters. The number of fused-ring (bicyclic) bond motifs is 2. The molecule has 0 N–H and O–H groups in total. The first-order valence-corrected chi connectivity index (χ1v) is 12.4. The quantitative estimate of drug-likeness (QED) is 0.593. The number of nitrogens with zero attached hydrogens (tertiary/aromatic N) is 3. The molecule has 0 spiro atoms. The monoisotopic (exact) mass is 485 g/mol. The number of rotatable bonds is 4. The van der Waals surface area contributed by atoms with E-state index in [1.165, 1.54) is 28.3 Å². The number of benzene rings is 2. The molecule has 0 radical (unpaired) electrons. The molecule has 3 heterocycles. The Bertz CT molecular complexity index is 1250. The van der Waals surface area contributed by atoms with Crippen LogP contribution in [0.25, 0.3) is 0 Å². The number of hydrogen-bond donors (Lipinski definition) is 0. The summed E-state index contributed by atoms with van der Waals surface area (Å²) in [6, 6.07) is 9.97. The number of sulfonamides is 1. The van der Waals surface area contributed by atoms with Gasteiger partial charge in [-0.3, -0.25) is 19.3 Å². The summed E-state index contributed by atoms with van der Waals surface area (Å²) in [5.74, 6) is -0.507. The first-order valence-electron chi connectivity index (χ1n) is 10.9. The van der Waals surface area contributed by atoms with Crippen LogP contribution in [0.4, 0.5) is 0 Å². The normalized spacial score (nSPS) is 19.2. The summed E-state index contributed by atoms with van der Waals surface area (Å²) < 4.78 is 38.5. The second-order valence-electron chi connectivity index (χ2n) is 8.24. The molecule has 1 fully saturated rings. The van der Waals surface area contributed by atoms with Gasteiger partial charge in [0.25, 0.3) is 11.8 Å². The van der Waals surface area contributed by atoms with Crippen LogP contribution >= 0.6 is 0 Å². The van der Waals surface area contributed by atoms with Crippen molar-refractivity contribution in [3.8, 4) is 11.5 Å². The van der Waals surface area contributed by atoms with E-state index in [2.05, 4.69) is 0 Å². The number of carbonyl (C=O) groups is 3. The summed E-state index contributed by atoms with van der Waals surface area (Å²) >= 11 is 0. The molecule has 0 bridgehead atoms. The third-order valence-corrected chi connectivity index (χ3v) is 8.17. The van der Waals surface area contributed by atoms with E-state index in [9.17, 15) is 22.8 Å². The molecule has 11 heteroatoms. The van der Waals surface area contributed by atoms with Crippen molar-refractivity contribution in [3.63, 3.8) is 0 Å². The zero-order valence-corrected chi connectivity index (χ0v) is 19.3. The van der Waals surface area contributed by atoms with Crippen molar-refractivity contribution < 1.29 is 32.3 Å². The second-order valence-corrected chi connectivity index (χ2v) is 10.2. The summed E-state index contributed by atoms with van der Waals surface area (Å²) in [5.41, 5.74) is 0.560. The first-order chi connectivity index (χ1) is 16.3. The van der Waals surface area contributed by atoms with Gasteiger partial charge in [-0.1, -0.05) is 12.1 Å². The lowest BCUT2D eigenvalue weighted by atomic mass is 10.1. The minimum absolute atomic E-state index is 0.0934. The molecule has 178 valence electrons. The van der Waals surface area contributed by atoms with Gasteiger partial charge in [0, 0.05) is 32.2 Å². The number of imide groups is 1. The maximum Gasteiger partial charge on any atom is 0.262 e. The van der Waals surface area contributed by atoms with Crippen molar-refractivity contribution in [2.45, 2.75) is 17.9 Å². The van der Waals surface area contributed by atoms with E-state index in [1.807, 2.05) is 0 Å². The van der Waals surface area contributed by atoms with Gasteiger partial charge in [-0.25, -0.2) is 8.42 Å². The predicted molar refractivity (Wildman–Crippen MR) is 119 cm³/mol. The maximum atomic E-state index is 13.1. The van der Waals surface area contributed by atoms with E-state index in [0.717, 1.165) is 4.90 Å². The summed E-state index contributed by atoms with van der Waals surface area (Å²) in [6.07, 6.45) is 0. The molecular formula is C23H23N3O7S. The number of hydrogen-bond acceptors (Lipinski definition) is 7. The second kappa shape index (κ2) is 8.41. The Hall–Kier alpha value is -3.44. The van der Waals surface area contributed by atoms with Crippen LogP contribution in [0.1, 0.15) is 27.6 Å². The van der Waals surface area contributed by atoms with E-state index in [1.54, 1.807) is 30.3 Å². The lowest BCUT2D eigenvalue weighted by Crippen LogP contribution is -2.55. The highest BCUT2D eigenvalue weighted by Crippen LogP contribution is 2.33. The Kier molecular flexibility index (Phi) is 5.53. The largest absolute Gasteiger partial charge is 0.486 e. The topological polar surface area (TPSA) is 114 Å². The fraction of sp³-hybridized carbons (Fsp3) is 0.348. The first kappa shape index (κ1) is 22.4. The Balaban J connectivity index is 1.26. The average molecular weight is 486 g/mol. The van der Waals surface area contributed by atoms with E-state index < -0.39 is 33.8 Å². The Morgan fingerprint density at radius 2 is 1.47 bits per heavy atom. The van der Waals surface area contributed by atoms with Crippen LogP contribution in [0.2, 0.25) is 0 Å². The molecule has 3 aliphatic heterocycles. The standard InChI is InChI=1S/C23H23N3O7S/c1-15(26-22(28)17-4-2-3-5-18(17)23(26)29)21(27)24-8-10-25(11-9-24)34(30,31)16-6-7-19-20(14-16)33-13-12-32-19/h2-7,14-15H,8-13H2,1H3/t15-/m0/s1. The van der Waals surface area contributed by atoms with Gasteiger partial charge in [-0.15, -0.1) is 0 Å². The van der Waals surface area contributed by atoms with Gasteiger partial charge in [0.05, 0.1) is 16.0 Å². The SMILES string of the molecule is C[C@@H](C(=O)N1CCN(S(=O)(=O)c2ccc3c(c2)OCCO3)CC1)N1C(=O)c2ccccc2C1=O. The molecule has 3 amide bonds. The van der Waals surface area contributed by atoms with Gasteiger partial charge in [-0.2, -0.15) is 4.31 Å². The molecule has 2 aromatic rings. The van der Waals surface area contributed by atoms with Crippen molar-refractivity contribution >= 4 is 27.7 Å². The Morgan fingerprint density at radius 3 is 2.09 bits per heavy atom. The Labute approximate surface area is 196 Å². The van der Waals surface area contributed by atoms with Gasteiger partial charge in [0.1, 0.15) is 19.3 Å². The van der Waals surface area contributed by atoms with Crippen LogP contribution in [0, 0.1) is 0 Å². The van der Waals surface area contributed by atoms with E-state index in [0.29, 0.717) is 24.7 Å². The molecule has 5 rings (SSSR count). The van der Waals surface area contributed by atoms with Crippen LogP contribution in [0.5, 0.6) is 11.5 Å². The van der Waals surface area contributed by atoms with Crippen LogP contribution in [-0.4, -0.2) is 85.7 Å². The number of amides is 3. The van der Waals surface area contributed by atoms with Crippen molar-refractivity contribution in [1.29, 1.82) is 0 Å². The van der Waals surface area contributed by atoms with Crippen molar-refractivity contribution in [1.82, 2.24) is 14.1 Å².